The van der Waals surface area contributed by atoms with E-state index >= 15 is 0 Å². The van der Waals surface area contributed by atoms with E-state index in [1.165, 1.54) is 11.1 Å². The normalized spacial score (nSPS) is 11.7. The van der Waals surface area contributed by atoms with Crippen molar-refractivity contribution < 1.29 is 28.0 Å². The van der Waals surface area contributed by atoms with Gasteiger partial charge in [0.1, 0.15) is 39.4 Å². The molecule has 0 aromatic heterocycles. The Morgan fingerprint density at radius 3 is 1.30 bits per heavy atom. The molecule has 0 N–H and O–H groups in total. The number of hydrogen-bond donors (Lipinski definition) is 0. The lowest BCUT2D eigenvalue weighted by Gasteiger charge is -2.30. The summed E-state index contributed by atoms with van der Waals surface area (Å²) in [5, 5.41) is 0. The van der Waals surface area contributed by atoms with Crippen LogP contribution in [0.15, 0.2) is 48.6 Å². The van der Waals surface area contributed by atoms with Gasteiger partial charge in [-0.25, -0.2) is 9.59 Å². The summed E-state index contributed by atoms with van der Waals surface area (Å²) < 4.78 is 11.9. The minimum atomic E-state index is -0.338. The van der Waals surface area contributed by atoms with Crippen LogP contribution in [0.2, 0.25) is 0 Å². The van der Waals surface area contributed by atoms with Crippen molar-refractivity contribution in [2.24, 2.45) is 0 Å². The Bertz CT molecular complexity index is 699. The molecule has 0 heterocycles. The summed E-state index contributed by atoms with van der Waals surface area (Å²) in [6.45, 7) is 14.4. The van der Waals surface area contributed by atoms with Crippen molar-refractivity contribution in [2.45, 2.75) is 26.9 Å². The summed E-state index contributed by atoms with van der Waals surface area (Å²) in [4.78, 5) is 23.0. The number of hydrogen-bond acceptors (Lipinski definition) is 4. The molecule has 0 amide bonds. The van der Waals surface area contributed by atoms with Gasteiger partial charge < -0.3 is 18.4 Å². The largest absolute Gasteiger partial charge is 0.456 e. The second-order valence-corrected chi connectivity index (χ2v) is 9.28. The minimum Gasteiger partial charge on any atom is -0.456 e. The molecule has 0 saturated carbocycles. The summed E-state index contributed by atoms with van der Waals surface area (Å²) in [7, 11) is 8.48. The third kappa shape index (κ3) is 9.85. The third-order valence-electron chi connectivity index (χ3n) is 4.80. The third-order valence-corrected chi connectivity index (χ3v) is 4.80. The Balaban J connectivity index is 2.53. The highest BCUT2D eigenvalue weighted by Gasteiger charge is 2.19. The fraction of sp³-hybridized carbons (Fsp3) is 0.500. The second kappa shape index (κ2) is 11.1. The zero-order valence-electron chi connectivity index (χ0n) is 19.5. The number of benzene rings is 1. The number of quaternary nitrogens is 2. The first-order valence-corrected chi connectivity index (χ1v) is 10.2. The predicted molar refractivity (Wildman–Crippen MR) is 119 cm³/mol. The average molecular weight is 419 g/mol. The minimum absolute atomic E-state index is 0.338. The highest BCUT2D eigenvalue weighted by molar-refractivity contribution is 5.87. The van der Waals surface area contributed by atoms with Crippen molar-refractivity contribution in [2.75, 3.05) is 54.5 Å². The smallest absolute Gasteiger partial charge is 0.333 e. The first-order chi connectivity index (χ1) is 13.8. The average Bonchev–Trinajstić information content (AvgIpc) is 2.62. The molecule has 0 aliphatic heterocycles. The van der Waals surface area contributed by atoms with Gasteiger partial charge in [0.15, 0.2) is 0 Å². The molecule has 0 radical (unpaired) electrons. The molecule has 0 fully saturated rings. The molecule has 1 rings (SSSR count). The first-order valence-electron chi connectivity index (χ1n) is 10.2. The molecule has 0 bridgehead atoms. The van der Waals surface area contributed by atoms with Gasteiger partial charge in [-0.1, -0.05) is 37.4 Å². The van der Waals surface area contributed by atoms with Crippen molar-refractivity contribution in [1.29, 1.82) is 0 Å². The summed E-state index contributed by atoms with van der Waals surface area (Å²) in [6, 6.07) is 8.60. The van der Waals surface area contributed by atoms with E-state index in [0.29, 0.717) is 24.4 Å². The molecule has 0 atom stereocenters. The van der Waals surface area contributed by atoms with Crippen LogP contribution in [0, 0.1) is 0 Å². The lowest BCUT2D eigenvalue weighted by molar-refractivity contribution is -0.904. The monoisotopic (exact) mass is 418 g/mol. The molecule has 0 aliphatic rings. The van der Waals surface area contributed by atoms with Gasteiger partial charge in [-0.05, 0) is 13.8 Å². The van der Waals surface area contributed by atoms with Gasteiger partial charge in [0.05, 0.1) is 28.2 Å². The van der Waals surface area contributed by atoms with Crippen molar-refractivity contribution in [1.82, 2.24) is 0 Å². The van der Waals surface area contributed by atoms with Gasteiger partial charge >= 0.3 is 11.9 Å². The molecular formula is C24H38N2O4+2. The Morgan fingerprint density at radius 2 is 1.03 bits per heavy atom. The van der Waals surface area contributed by atoms with Crippen molar-refractivity contribution in [3.63, 3.8) is 0 Å². The van der Waals surface area contributed by atoms with Crippen LogP contribution < -0.4 is 0 Å². The quantitative estimate of drug-likeness (QED) is 0.297. The Morgan fingerprint density at radius 1 is 0.733 bits per heavy atom. The molecule has 1 aromatic carbocycles. The van der Waals surface area contributed by atoms with Crippen molar-refractivity contribution >= 4 is 11.9 Å². The van der Waals surface area contributed by atoms with Crippen molar-refractivity contribution in [3.05, 3.63) is 59.7 Å². The van der Waals surface area contributed by atoms with E-state index in [4.69, 9.17) is 9.47 Å². The molecule has 0 spiro atoms. The van der Waals surface area contributed by atoms with Crippen LogP contribution in [0.3, 0.4) is 0 Å². The fourth-order valence-electron chi connectivity index (χ4n) is 2.91. The molecule has 0 saturated heterocycles. The number of nitrogens with zero attached hydrogens (tertiary/aromatic N) is 2. The molecular weight excluding hydrogens is 380 g/mol. The molecule has 1 aromatic rings. The van der Waals surface area contributed by atoms with Crippen LogP contribution in [-0.2, 0) is 32.2 Å². The van der Waals surface area contributed by atoms with Gasteiger partial charge in [-0.3, -0.25) is 0 Å². The van der Waals surface area contributed by atoms with Gasteiger partial charge in [0, 0.05) is 22.3 Å². The van der Waals surface area contributed by atoms with Crippen LogP contribution in [-0.4, -0.2) is 75.4 Å². The molecule has 6 nitrogen and oxygen atoms in total. The molecule has 166 valence electrons. The first kappa shape index (κ1) is 25.6. The Labute approximate surface area is 181 Å². The van der Waals surface area contributed by atoms with Gasteiger partial charge in [-0.2, -0.15) is 0 Å². The molecule has 0 aliphatic carbocycles. The van der Waals surface area contributed by atoms with Gasteiger partial charge in [0.25, 0.3) is 0 Å². The number of carbonyl (C=O) groups excluding carboxylic acids is 2. The molecule has 30 heavy (non-hydrogen) atoms. The van der Waals surface area contributed by atoms with Gasteiger partial charge in [-0.15, -0.1) is 0 Å². The van der Waals surface area contributed by atoms with E-state index in [1.807, 2.05) is 0 Å². The van der Waals surface area contributed by atoms with E-state index in [0.717, 1.165) is 35.1 Å². The summed E-state index contributed by atoms with van der Waals surface area (Å²) >= 11 is 0. The van der Waals surface area contributed by atoms with E-state index in [9.17, 15) is 9.59 Å². The zero-order chi connectivity index (χ0) is 22.9. The number of ether oxygens (including phenoxy) is 2. The summed E-state index contributed by atoms with van der Waals surface area (Å²) in [5.41, 5.74) is 3.31. The number of likely N-dealkylation sites (N-methyl/N-ethyl adjacent to an activating group) is 2. The zero-order valence-corrected chi connectivity index (χ0v) is 19.5. The lowest BCUT2D eigenvalue weighted by Crippen LogP contribution is -2.42. The maximum Gasteiger partial charge on any atom is 0.333 e. The second-order valence-electron chi connectivity index (χ2n) is 9.28. The molecule has 6 heteroatoms. The maximum absolute atomic E-state index is 11.5. The number of esters is 2. The van der Waals surface area contributed by atoms with Gasteiger partial charge in [0.2, 0.25) is 0 Å². The number of carbonyl (C=O) groups is 2. The van der Waals surface area contributed by atoms with E-state index in [1.54, 1.807) is 13.8 Å². The highest BCUT2D eigenvalue weighted by Crippen LogP contribution is 2.14. The van der Waals surface area contributed by atoms with Crippen LogP contribution in [0.25, 0.3) is 0 Å². The summed E-state index contributed by atoms with van der Waals surface area (Å²) in [6.07, 6.45) is 0. The standard InChI is InChI=1S/C24H38N2O4/c1-19(2)23(27)29-15-13-25(5,6)17-21-9-11-22(12-10-21)18-26(7,8)14-16-30-24(28)20(3)4/h9-12H,1,3,13-18H2,2,4-8H3/q+2. The van der Waals surface area contributed by atoms with E-state index in [2.05, 4.69) is 65.6 Å². The summed E-state index contributed by atoms with van der Waals surface area (Å²) in [5.74, 6) is -0.677. The van der Waals surface area contributed by atoms with Crippen LogP contribution in [0.1, 0.15) is 25.0 Å². The van der Waals surface area contributed by atoms with E-state index in [-0.39, 0.29) is 11.9 Å². The van der Waals surface area contributed by atoms with Crippen molar-refractivity contribution in [3.8, 4) is 0 Å². The van der Waals surface area contributed by atoms with E-state index < -0.39 is 0 Å². The van der Waals surface area contributed by atoms with Crippen LogP contribution in [0.4, 0.5) is 0 Å². The SMILES string of the molecule is C=C(C)C(=O)OCC[N+](C)(C)Cc1ccc(C[N+](C)(C)CCOC(=O)C(=C)C)cc1. The topological polar surface area (TPSA) is 52.6 Å². The maximum atomic E-state index is 11.5. The lowest BCUT2D eigenvalue weighted by atomic mass is 10.1. The van der Waals surface area contributed by atoms with Crippen LogP contribution in [0.5, 0.6) is 0 Å². The predicted octanol–water partition coefficient (Wildman–Crippen LogP) is 3.08. The highest BCUT2D eigenvalue weighted by atomic mass is 16.5. The Kier molecular flexibility index (Phi) is 9.46. The Hall–Kier alpha value is -2.44. The number of rotatable bonds is 12. The molecule has 0 unspecified atom stereocenters. The van der Waals surface area contributed by atoms with Crippen LogP contribution >= 0.6 is 0 Å². The fourth-order valence-corrected chi connectivity index (χ4v) is 2.91.